The Balaban J connectivity index is 0.885. The molecule has 378 valence electrons. The number of amides is 1. The van der Waals surface area contributed by atoms with Crippen LogP contribution in [0.3, 0.4) is 0 Å². The number of aryl methyl sites for hydroxylation is 1. The highest BCUT2D eigenvalue weighted by Crippen LogP contribution is 2.31. The molecule has 0 bridgehead atoms. The molecule has 4 aromatic carbocycles. The Hall–Kier alpha value is -4.21. The van der Waals surface area contributed by atoms with Crippen molar-refractivity contribution < 1.29 is 27.5 Å². The average molecular weight is 1010 g/mol. The molecule has 4 aromatic rings. The van der Waals surface area contributed by atoms with E-state index in [1.807, 2.05) is 55.1 Å². The molecule has 0 saturated carbocycles. The SMILES string of the molecule is COC(=O)CCCCCCCCCN1CCC(c2ccc(Cl)cc2)=C(CN2CCN(c3ccc(C(=O)NS(=O)(=O)c4ccc(C[C@H](CCN5CCOCC5)CSc5ccccc5)c(C)c4)cc3)CC2)C1. The number of benzene rings is 4. The van der Waals surface area contributed by atoms with Gasteiger partial charge in [-0.1, -0.05) is 80.1 Å². The van der Waals surface area contributed by atoms with Crippen molar-refractivity contribution >= 4 is 56.5 Å². The molecule has 1 N–H and O–H groups in total. The Morgan fingerprint density at radius 2 is 1.47 bits per heavy atom. The molecule has 2 fully saturated rings. The minimum absolute atomic E-state index is 0.0880. The van der Waals surface area contributed by atoms with E-state index in [0.29, 0.717) is 17.9 Å². The number of ether oxygens (including phenoxy) is 2. The summed E-state index contributed by atoms with van der Waals surface area (Å²) in [6.07, 6.45) is 11.5. The molecule has 0 spiro atoms. The molecule has 0 aliphatic carbocycles. The summed E-state index contributed by atoms with van der Waals surface area (Å²) in [7, 11) is -2.65. The van der Waals surface area contributed by atoms with Crippen LogP contribution in [0.4, 0.5) is 5.69 Å². The van der Waals surface area contributed by atoms with Crippen LogP contribution in [-0.4, -0.2) is 133 Å². The van der Waals surface area contributed by atoms with E-state index in [4.69, 9.17) is 21.1 Å². The summed E-state index contributed by atoms with van der Waals surface area (Å²) in [5, 5.41) is 0.752. The maximum Gasteiger partial charge on any atom is 0.305 e. The fraction of sp³-hybridized carbons (Fsp3) is 0.500. The molecule has 1 atom stereocenters. The van der Waals surface area contributed by atoms with E-state index in [1.54, 1.807) is 24.3 Å². The standard InChI is InChI=1S/C56H74ClN5O6S2/c1-44-39-53(25-20-48(44)40-45(26-29-59-35-37-68-38-36-59)43-69-52-13-9-8-10-14-52)70(65,66)58-56(64)47-18-23-51(24-19-47)62-33-31-61(32-34-62)42-49-41-60(30-27-54(49)46-16-21-50(57)22-17-46)28-12-7-5-3-4-6-11-15-55(63)67-2/h8-10,13-14,16-25,39,45H,3-7,11-12,15,26-38,40-43H2,1-2H3,(H,58,64)/t45-/m0/s1. The van der Waals surface area contributed by atoms with E-state index in [2.05, 4.69) is 60.7 Å². The number of carbonyl (C=O) groups excluding carboxylic acids is 2. The highest BCUT2D eigenvalue weighted by Gasteiger charge is 2.26. The van der Waals surface area contributed by atoms with Crippen molar-refractivity contribution in [2.45, 2.75) is 87.3 Å². The molecule has 7 rings (SSSR count). The van der Waals surface area contributed by atoms with Crippen LogP contribution in [0.1, 0.15) is 91.3 Å². The second kappa shape index (κ2) is 27.6. The number of halogens is 1. The van der Waals surface area contributed by atoms with Crippen LogP contribution in [0.5, 0.6) is 0 Å². The maximum absolute atomic E-state index is 13.6. The molecule has 3 aliphatic rings. The van der Waals surface area contributed by atoms with Gasteiger partial charge in [-0.05, 0) is 147 Å². The smallest absolute Gasteiger partial charge is 0.305 e. The lowest BCUT2D eigenvalue weighted by Crippen LogP contribution is -2.48. The third kappa shape index (κ3) is 16.7. The molecule has 3 heterocycles. The lowest BCUT2D eigenvalue weighted by molar-refractivity contribution is -0.140. The molecule has 3 aliphatic heterocycles. The van der Waals surface area contributed by atoms with Crippen LogP contribution in [0.25, 0.3) is 5.57 Å². The number of anilines is 1. The topological polar surface area (TPSA) is 112 Å². The molecule has 2 saturated heterocycles. The predicted octanol–water partition coefficient (Wildman–Crippen LogP) is 10.0. The van der Waals surface area contributed by atoms with E-state index in [-0.39, 0.29) is 10.9 Å². The van der Waals surface area contributed by atoms with Gasteiger partial charge in [-0.2, -0.15) is 0 Å². The molecule has 1 amide bonds. The van der Waals surface area contributed by atoms with E-state index in [9.17, 15) is 18.0 Å². The van der Waals surface area contributed by atoms with Gasteiger partial charge in [0.2, 0.25) is 0 Å². The first kappa shape index (κ1) is 53.6. The van der Waals surface area contributed by atoms with Crippen LogP contribution < -0.4 is 9.62 Å². The van der Waals surface area contributed by atoms with Crippen molar-refractivity contribution in [2.75, 3.05) is 103 Å². The Labute approximate surface area is 427 Å². The van der Waals surface area contributed by atoms with Gasteiger partial charge in [-0.15, -0.1) is 11.8 Å². The van der Waals surface area contributed by atoms with Gasteiger partial charge in [0.25, 0.3) is 15.9 Å². The van der Waals surface area contributed by atoms with Crippen molar-refractivity contribution in [1.29, 1.82) is 0 Å². The Morgan fingerprint density at radius 3 is 2.17 bits per heavy atom. The second-order valence-corrected chi connectivity index (χ2v) is 22.4. The molecule has 11 nitrogen and oxygen atoms in total. The van der Waals surface area contributed by atoms with Crippen molar-refractivity contribution in [1.82, 2.24) is 19.4 Å². The summed E-state index contributed by atoms with van der Waals surface area (Å²) in [5.74, 6) is 0.615. The number of nitrogens with one attached hydrogen (secondary N) is 1. The fourth-order valence-corrected chi connectivity index (χ4v) is 12.1. The monoisotopic (exact) mass is 1010 g/mol. The molecule has 0 radical (unpaired) electrons. The van der Waals surface area contributed by atoms with Gasteiger partial charge in [0.05, 0.1) is 25.2 Å². The van der Waals surface area contributed by atoms with Gasteiger partial charge >= 0.3 is 5.97 Å². The molecule has 70 heavy (non-hydrogen) atoms. The summed E-state index contributed by atoms with van der Waals surface area (Å²) in [4.78, 5) is 36.1. The number of nitrogens with zero attached hydrogens (tertiary/aromatic N) is 4. The zero-order valence-corrected chi connectivity index (χ0v) is 43.8. The minimum atomic E-state index is -4.10. The summed E-state index contributed by atoms with van der Waals surface area (Å²) in [6, 6.07) is 31.3. The lowest BCUT2D eigenvalue weighted by Gasteiger charge is -2.39. The number of carbonyl (C=O) groups is 2. The fourth-order valence-electron chi connectivity index (χ4n) is 9.86. The van der Waals surface area contributed by atoms with Crippen LogP contribution >= 0.6 is 23.4 Å². The zero-order chi connectivity index (χ0) is 49.1. The van der Waals surface area contributed by atoms with Crippen molar-refractivity contribution in [3.8, 4) is 0 Å². The van der Waals surface area contributed by atoms with E-state index >= 15 is 0 Å². The quantitative estimate of drug-likeness (QED) is 0.0389. The minimum Gasteiger partial charge on any atom is -0.469 e. The number of piperazine rings is 1. The molecule has 0 aromatic heterocycles. The highest BCUT2D eigenvalue weighted by molar-refractivity contribution is 7.99. The maximum atomic E-state index is 13.6. The number of morpholine rings is 1. The zero-order valence-electron chi connectivity index (χ0n) is 41.4. The number of methoxy groups -OCH3 is 1. The van der Waals surface area contributed by atoms with E-state index < -0.39 is 15.9 Å². The highest BCUT2D eigenvalue weighted by atomic mass is 35.5. The molecule has 14 heteroatoms. The number of hydrogen-bond acceptors (Lipinski definition) is 11. The van der Waals surface area contributed by atoms with Gasteiger partial charge in [0, 0.05) is 92.2 Å². The molecule has 0 unspecified atom stereocenters. The first-order valence-corrected chi connectivity index (χ1v) is 28.4. The van der Waals surface area contributed by atoms with Gasteiger partial charge in [0.1, 0.15) is 0 Å². The van der Waals surface area contributed by atoms with E-state index in [1.165, 1.54) is 60.8 Å². The van der Waals surface area contributed by atoms with E-state index in [0.717, 1.165) is 145 Å². The third-order valence-electron chi connectivity index (χ3n) is 14.1. The normalized spacial score (nSPS) is 16.9. The van der Waals surface area contributed by atoms with Crippen molar-refractivity contribution in [3.63, 3.8) is 0 Å². The summed E-state index contributed by atoms with van der Waals surface area (Å²) in [6.45, 7) is 14.0. The molecular weight excluding hydrogens is 938 g/mol. The first-order chi connectivity index (χ1) is 34.0. The Kier molecular flexibility index (Phi) is 21.1. The number of unbranched alkanes of at least 4 members (excludes halogenated alkanes) is 6. The van der Waals surface area contributed by atoms with Crippen LogP contribution in [-0.2, 0) is 30.7 Å². The lowest BCUT2D eigenvalue weighted by atomic mass is 9.92. The second-order valence-electron chi connectivity index (χ2n) is 19.2. The number of hydrogen-bond donors (Lipinski definition) is 1. The summed E-state index contributed by atoms with van der Waals surface area (Å²) >= 11 is 8.17. The Bertz CT molecular complexity index is 2410. The predicted molar refractivity (Wildman–Crippen MR) is 286 cm³/mol. The third-order valence-corrected chi connectivity index (χ3v) is 16.9. The Morgan fingerprint density at radius 1 is 0.771 bits per heavy atom. The molecular formula is C56H74ClN5O6S2. The van der Waals surface area contributed by atoms with Gasteiger partial charge < -0.3 is 14.4 Å². The average Bonchev–Trinajstić information content (AvgIpc) is 3.38. The number of sulfonamides is 1. The van der Waals surface area contributed by atoms with Crippen LogP contribution in [0, 0.1) is 12.8 Å². The van der Waals surface area contributed by atoms with Gasteiger partial charge in [-0.25, -0.2) is 13.1 Å². The largest absolute Gasteiger partial charge is 0.469 e. The number of rotatable bonds is 25. The summed E-state index contributed by atoms with van der Waals surface area (Å²) in [5.41, 5.74) is 7.54. The number of esters is 1. The van der Waals surface area contributed by atoms with Crippen LogP contribution in [0.15, 0.2) is 112 Å². The van der Waals surface area contributed by atoms with Gasteiger partial charge in [0.15, 0.2) is 0 Å². The first-order valence-electron chi connectivity index (χ1n) is 25.5. The van der Waals surface area contributed by atoms with Crippen molar-refractivity contribution in [3.05, 3.63) is 130 Å². The van der Waals surface area contributed by atoms with Crippen LogP contribution in [0.2, 0.25) is 5.02 Å². The summed E-state index contributed by atoms with van der Waals surface area (Å²) < 4.78 is 39.9. The van der Waals surface area contributed by atoms with Gasteiger partial charge in [-0.3, -0.25) is 24.3 Å². The van der Waals surface area contributed by atoms with Crippen molar-refractivity contribution in [2.24, 2.45) is 5.92 Å². The number of thioether (sulfide) groups is 1.